The molecule has 150 valence electrons. The first kappa shape index (κ1) is 19.8. The molecule has 1 fully saturated rings. The van der Waals surface area contributed by atoms with Gasteiger partial charge in [0.2, 0.25) is 11.1 Å². The third-order valence-electron chi connectivity index (χ3n) is 4.73. The second-order valence-electron chi connectivity index (χ2n) is 6.73. The van der Waals surface area contributed by atoms with Crippen molar-refractivity contribution in [3.8, 4) is 11.4 Å². The van der Waals surface area contributed by atoms with Gasteiger partial charge in [0.1, 0.15) is 0 Å². The molecule has 0 saturated carbocycles. The number of nitrogens with one attached hydrogen (secondary N) is 1. The van der Waals surface area contributed by atoms with Gasteiger partial charge >= 0.3 is 0 Å². The lowest BCUT2D eigenvalue weighted by Gasteiger charge is -2.17. The van der Waals surface area contributed by atoms with Crippen molar-refractivity contribution >= 4 is 45.0 Å². The molecule has 2 heterocycles. The van der Waals surface area contributed by atoms with Crippen LogP contribution in [0.2, 0.25) is 0 Å². The molecular weight excluding hydrogens is 452 g/mol. The van der Waals surface area contributed by atoms with Crippen LogP contribution in [0.4, 0.5) is 11.4 Å². The predicted octanol–water partition coefficient (Wildman–Crippen LogP) is 3.75. The van der Waals surface area contributed by atoms with Crippen molar-refractivity contribution in [3.63, 3.8) is 0 Å². The van der Waals surface area contributed by atoms with Gasteiger partial charge < -0.3 is 16.1 Å². The summed E-state index contributed by atoms with van der Waals surface area (Å²) < 4.78 is 2.29. The van der Waals surface area contributed by atoms with Crippen molar-refractivity contribution in [1.82, 2.24) is 14.9 Å². The van der Waals surface area contributed by atoms with Crippen LogP contribution in [0.3, 0.4) is 0 Å². The fourth-order valence-electron chi connectivity index (χ4n) is 3.26. The highest BCUT2D eigenvalue weighted by molar-refractivity contribution is 9.10. The molecule has 4 rings (SSSR count). The third-order valence-corrected chi connectivity index (χ3v) is 6.37. The maximum atomic E-state index is 12.3. The standard InChI is InChI=1S/C20H21BrN6OS/c21-17-6-2-1-5-16(17)19-24-25-20(27(19)22)29-13-18(28)23-14-7-9-15(10-8-14)26-11-3-4-12-26/h1-2,5-10H,3-4,11-13,22H2,(H,23,28). The zero-order valence-corrected chi connectivity index (χ0v) is 18.1. The van der Waals surface area contributed by atoms with Crippen LogP contribution in [0.1, 0.15) is 12.8 Å². The fraction of sp³-hybridized carbons (Fsp3) is 0.250. The van der Waals surface area contributed by atoms with Crippen molar-refractivity contribution < 1.29 is 4.79 Å². The van der Waals surface area contributed by atoms with Crippen molar-refractivity contribution in [3.05, 3.63) is 53.0 Å². The number of carbonyl (C=O) groups is 1. The van der Waals surface area contributed by atoms with Crippen molar-refractivity contribution in [2.75, 3.05) is 34.9 Å². The van der Waals surface area contributed by atoms with Gasteiger partial charge in [-0.25, -0.2) is 4.68 Å². The van der Waals surface area contributed by atoms with Crippen molar-refractivity contribution in [1.29, 1.82) is 0 Å². The number of carbonyl (C=O) groups excluding carboxylic acids is 1. The van der Waals surface area contributed by atoms with Crippen LogP contribution in [0, 0.1) is 0 Å². The number of thioether (sulfide) groups is 1. The maximum Gasteiger partial charge on any atom is 0.234 e. The van der Waals surface area contributed by atoms with E-state index < -0.39 is 0 Å². The molecule has 1 aromatic heterocycles. The van der Waals surface area contributed by atoms with E-state index in [1.807, 2.05) is 36.4 Å². The maximum absolute atomic E-state index is 12.3. The highest BCUT2D eigenvalue weighted by Gasteiger charge is 2.16. The average molecular weight is 473 g/mol. The summed E-state index contributed by atoms with van der Waals surface area (Å²) in [5, 5.41) is 11.7. The molecule has 0 unspecified atom stereocenters. The number of halogens is 1. The molecule has 0 radical (unpaired) electrons. The van der Waals surface area contributed by atoms with Crippen molar-refractivity contribution in [2.45, 2.75) is 18.0 Å². The van der Waals surface area contributed by atoms with E-state index in [2.05, 4.69) is 48.5 Å². The normalized spacial score (nSPS) is 13.6. The lowest BCUT2D eigenvalue weighted by atomic mass is 10.2. The zero-order chi connectivity index (χ0) is 20.2. The first-order chi connectivity index (χ1) is 14.1. The number of nitrogens with zero attached hydrogens (tertiary/aromatic N) is 4. The van der Waals surface area contributed by atoms with Gasteiger partial charge in [-0.1, -0.05) is 39.8 Å². The van der Waals surface area contributed by atoms with E-state index in [0.717, 1.165) is 28.8 Å². The van der Waals surface area contributed by atoms with Gasteiger partial charge in [0.15, 0.2) is 5.82 Å². The molecule has 0 spiro atoms. The third kappa shape index (κ3) is 4.56. The van der Waals surface area contributed by atoms with Crippen molar-refractivity contribution in [2.24, 2.45) is 0 Å². The Balaban J connectivity index is 1.35. The first-order valence-corrected chi connectivity index (χ1v) is 11.1. The molecule has 1 saturated heterocycles. The van der Waals surface area contributed by atoms with Gasteiger partial charge in [-0.2, -0.15) is 0 Å². The molecule has 7 nitrogen and oxygen atoms in total. The fourth-order valence-corrected chi connectivity index (χ4v) is 4.38. The molecule has 1 aliphatic heterocycles. The molecular formula is C20H21BrN6OS. The Labute approximate surface area is 181 Å². The minimum Gasteiger partial charge on any atom is -0.372 e. The summed E-state index contributed by atoms with van der Waals surface area (Å²) in [6, 6.07) is 15.6. The molecule has 9 heteroatoms. The Morgan fingerprint density at radius 2 is 1.83 bits per heavy atom. The minimum absolute atomic E-state index is 0.116. The molecule has 2 aromatic carbocycles. The zero-order valence-electron chi connectivity index (χ0n) is 15.7. The quantitative estimate of drug-likeness (QED) is 0.419. The summed E-state index contributed by atoms with van der Waals surface area (Å²) in [4.78, 5) is 14.7. The Morgan fingerprint density at radius 3 is 2.55 bits per heavy atom. The molecule has 3 aromatic rings. The molecule has 3 N–H and O–H groups in total. The summed E-state index contributed by atoms with van der Waals surface area (Å²) >= 11 is 4.74. The van der Waals surface area contributed by atoms with Gasteiger partial charge in [0.05, 0.1) is 5.75 Å². The predicted molar refractivity (Wildman–Crippen MR) is 121 cm³/mol. The monoisotopic (exact) mass is 472 g/mol. The van der Waals surface area contributed by atoms with Gasteiger partial charge in [-0.3, -0.25) is 4.79 Å². The Hall–Kier alpha value is -2.52. The van der Waals surface area contributed by atoms with E-state index >= 15 is 0 Å². The van der Waals surface area contributed by atoms with E-state index in [4.69, 9.17) is 5.84 Å². The SMILES string of the molecule is Nn1c(SCC(=O)Nc2ccc(N3CCCC3)cc2)nnc1-c1ccccc1Br. The number of nitrogen functional groups attached to an aromatic ring is 1. The topological polar surface area (TPSA) is 89.1 Å². The Morgan fingerprint density at radius 1 is 1.10 bits per heavy atom. The second kappa shape index (κ2) is 8.87. The van der Waals surface area contributed by atoms with Crippen LogP contribution < -0.4 is 16.1 Å². The van der Waals surface area contributed by atoms with E-state index in [1.54, 1.807) is 0 Å². The van der Waals surface area contributed by atoms with E-state index in [0.29, 0.717) is 11.0 Å². The summed E-state index contributed by atoms with van der Waals surface area (Å²) in [5.74, 6) is 6.75. The van der Waals surface area contributed by atoms with Crippen LogP contribution in [0.15, 0.2) is 58.2 Å². The minimum atomic E-state index is -0.116. The van der Waals surface area contributed by atoms with Gasteiger partial charge in [0.25, 0.3) is 0 Å². The number of benzene rings is 2. The summed E-state index contributed by atoms with van der Waals surface area (Å²) in [6.45, 7) is 2.20. The van der Waals surface area contributed by atoms with Gasteiger partial charge in [0, 0.05) is 34.5 Å². The number of aromatic nitrogens is 3. The van der Waals surface area contributed by atoms with E-state index in [-0.39, 0.29) is 11.7 Å². The summed E-state index contributed by atoms with van der Waals surface area (Å²) in [5.41, 5.74) is 2.82. The Kier molecular flexibility index (Phi) is 6.05. The molecule has 0 bridgehead atoms. The number of nitrogens with two attached hydrogens (primary N) is 1. The molecule has 0 aliphatic carbocycles. The largest absolute Gasteiger partial charge is 0.372 e. The number of anilines is 2. The second-order valence-corrected chi connectivity index (χ2v) is 8.53. The average Bonchev–Trinajstić information content (AvgIpc) is 3.38. The van der Waals surface area contributed by atoms with E-state index in [1.165, 1.54) is 35.0 Å². The highest BCUT2D eigenvalue weighted by Crippen LogP contribution is 2.28. The van der Waals surface area contributed by atoms with Crippen LogP contribution >= 0.6 is 27.7 Å². The molecule has 29 heavy (non-hydrogen) atoms. The van der Waals surface area contributed by atoms with E-state index in [9.17, 15) is 4.79 Å². The highest BCUT2D eigenvalue weighted by atomic mass is 79.9. The lowest BCUT2D eigenvalue weighted by molar-refractivity contribution is -0.113. The van der Waals surface area contributed by atoms with Gasteiger partial charge in [-0.05, 0) is 49.2 Å². The van der Waals surface area contributed by atoms with Crippen LogP contribution in [0.25, 0.3) is 11.4 Å². The number of hydrogen-bond donors (Lipinski definition) is 2. The number of amides is 1. The first-order valence-electron chi connectivity index (χ1n) is 9.35. The van der Waals surface area contributed by atoms with Crippen LogP contribution in [-0.2, 0) is 4.79 Å². The molecule has 0 atom stereocenters. The summed E-state index contributed by atoms with van der Waals surface area (Å²) in [7, 11) is 0. The van der Waals surface area contributed by atoms with Crippen LogP contribution in [0.5, 0.6) is 0 Å². The molecule has 1 amide bonds. The number of hydrogen-bond acceptors (Lipinski definition) is 6. The molecule has 1 aliphatic rings. The Bertz CT molecular complexity index is 1000. The summed E-state index contributed by atoms with van der Waals surface area (Å²) in [6.07, 6.45) is 2.48. The van der Waals surface area contributed by atoms with Gasteiger partial charge in [-0.15, -0.1) is 10.2 Å². The number of rotatable bonds is 6. The van der Waals surface area contributed by atoms with Crippen LogP contribution in [-0.4, -0.2) is 39.6 Å². The lowest BCUT2D eigenvalue weighted by Crippen LogP contribution is -2.18. The smallest absolute Gasteiger partial charge is 0.234 e.